The van der Waals surface area contributed by atoms with Gasteiger partial charge >= 0.3 is 5.97 Å². The van der Waals surface area contributed by atoms with Gasteiger partial charge in [0.15, 0.2) is 0 Å². The van der Waals surface area contributed by atoms with Crippen molar-refractivity contribution in [3.05, 3.63) is 33.3 Å². The molecular formula is C13H14BrNO2. The van der Waals surface area contributed by atoms with Crippen molar-refractivity contribution in [2.24, 2.45) is 0 Å². The molecule has 0 saturated heterocycles. The molecule has 0 N–H and O–H groups in total. The standard InChI is InChI=1S/C13H14BrNO2/c1-3-10-11(8-15)9(5-6-12(10)14)7-13(16)17-4-2/h5-6H,3-4,7H2,1-2H3. The van der Waals surface area contributed by atoms with Crippen LogP contribution in [0.1, 0.15) is 30.5 Å². The van der Waals surface area contributed by atoms with Gasteiger partial charge in [0, 0.05) is 4.47 Å². The number of halogens is 1. The van der Waals surface area contributed by atoms with Crippen LogP contribution in [0.3, 0.4) is 0 Å². The number of nitriles is 1. The summed E-state index contributed by atoms with van der Waals surface area (Å²) in [5, 5.41) is 9.17. The van der Waals surface area contributed by atoms with Gasteiger partial charge in [-0.1, -0.05) is 28.9 Å². The monoisotopic (exact) mass is 295 g/mol. The summed E-state index contributed by atoms with van der Waals surface area (Å²) in [7, 11) is 0. The third-order valence-corrected chi connectivity index (χ3v) is 3.19. The summed E-state index contributed by atoms with van der Waals surface area (Å²) < 4.78 is 5.80. The topological polar surface area (TPSA) is 50.1 Å². The van der Waals surface area contributed by atoms with Gasteiger partial charge in [-0.25, -0.2) is 0 Å². The molecule has 17 heavy (non-hydrogen) atoms. The van der Waals surface area contributed by atoms with E-state index in [1.807, 2.05) is 13.0 Å². The summed E-state index contributed by atoms with van der Waals surface area (Å²) in [6.45, 7) is 4.11. The Morgan fingerprint density at radius 2 is 2.18 bits per heavy atom. The molecule has 0 fully saturated rings. The Morgan fingerprint density at radius 1 is 1.47 bits per heavy atom. The molecule has 0 radical (unpaired) electrons. The zero-order valence-electron chi connectivity index (χ0n) is 9.92. The summed E-state index contributed by atoms with van der Waals surface area (Å²) in [6.07, 6.45) is 0.900. The van der Waals surface area contributed by atoms with E-state index in [0.29, 0.717) is 12.2 Å². The zero-order chi connectivity index (χ0) is 12.8. The maximum Gasteiger partial charge on any atom is 0.310 e. The Bertz CT molecular complexity index is 463. The lowest BCUT2D eigenvalue weighted by Crippen LogP contribution is -2.09. The molecule has 90 valence electrons. The van der Waals surface area contributed by atoms with E-state index < -0.39 is 0 Å². The Balaban J connectivity index is 3.09. The fourth-order valence-corrected chi connectivity index (χ4v) is 2.28. The minimum absolute atomic E-state index is 0.150. The highest BCUT2D eigenvalue weighted by molar-refractivity contribution is 9.10. The summed E-state index contributed by atoms with van der Waals surface area (Å²) in [6, 6.07) is 5.83. The number of carbonyl (C=O) groups excluding carboxylic acids is 1. The van der Waals surface area contributed by atoms with Crippen LogP contribution >= 0.6 is 15.9 Å². The summed E-state index contributed by atoms with van der Waals surface area (Å²) >= 11 is 3.41. The number of benzene rings is 1. The SMILES string of the molecule is CCOC(=O)Cc1ccc(Br)c(CC)c1C#N. The first-order chi connectivity index (χ1) is 8.13. The molecule has 0 aromatic heterocycles. The minimum atomic E-state index is -0.298. The van der Waals surface area contributed by atoms with E-state index >= 15 is 0 Å². The van der Waals surface area contributed by atoms with Gasteiger partial charge in [-0.3, -0.25) is 4.79 Å². The largest absolute Gasteiger partial charge is 0.466 e. The van der Waals surface area contributed by atoms with Crippen molar-refractivity contribution < 1.29 is 9.53 Å². The van der Waals surface area contributed by atoms with Crippen LogP contribution in [0.4, 0.5) is 0 Å². The molecule has 0 saturated carbocycles. The summed E-state index contributed by atoms with van der Waals surface area (Å²) in [4.78, 5) is 11.4. The highest BCUT2D eigenvalue weighted by atomic mass is 79.9. The molecule has 1 rings (SSSR count). The van der Waals surface area contributed by atoms with Gasteiger partial charge in [-0.15, -0.1) is 0 Å². The lowest BCUT2D eigenvalue weighted by molar-refractivity contribution is -0.142. The average Bonchev–Trinajstić information content (AvgIpc) is 2.31. The van der Waals surface area contributed by atoms with E-state index in [0.717, 1.165) is 22.0 Å². The second-order valence-corrected chi connectivity index (χ2v) is 4.36. The molecule has 0 heterocycles. The maximum atomic E-state index is 11.4. The fourth-order valence-electron chi connectivity index (χ4n) is 1.67. The zero-order valence-corrected chi connectivity index (χ0v) is 11.5. The fraction of sp³-hybridized carbons (Fsp3) is 0.385. The van der Waals surface area contributed by atoms with Crippen molar-refractivity contribution >= 4 is 21.9 Å². The van der Waals surface area contributed by atoms with Gasteiger partial charge in [-0.05, 0) is 30.5 Å². The minimum Gasteiger partial charge on any atom is -0.466 e. The first kappa shape index (κ1) is 13.7. The molecule has 0 unspecified atom stereocenters. The smallest absolute Gasteiger partial charge is 0.310 e. The second kappa shape index (κ2) is 6.41. The third-order valence-electron chi connectivity index (χ3n) is 2.45. The van der Waals surface area contributed by atoms with Crippen LogP contribution in [0.25, 0.3) is 0 Å². The normalized spacial score (nSPS) is 9.76. The molecule has 0 amide bonds. The number of hydrogen-bond donors (Lipinski definition) is 0. The number of nitrogens with zero attached hydrogens (tertiary/aromatic N) is 1. The Morgan fingerprint density at radius 3 is 2.71 bits per heavy atom. The third kappa shape index (κ3) is 3.31. The molecule has 1 aromatic carbocycles. The van der Waals surface area contributed by atoms with E-state index in [4.69, 9.17) is 4.74 Å². The van der Waals surface area contributed by atoms with E-state index in [1.54, 1.807) is 13.0 Å². The summed E-state index contributed by atoms with van der Waals surface area (Å²) in [5.74, 6) is -0.298. The maximum absolute atomic E-state index is 11.4. The van der Waals surface area contributed by atoms with Crippen LogP contribution in [0.15, 0.2) is 16.6 Å². The first-order valence-corrected chi connectivity index (χ1v) is 6.29. The molecule has 0 aliphatic carbocycles. The van der Waals surface area contributed by atoms with Crippen LogP contribution in [-0.2, 0) is 22.4 Å². The highest BCUT2D eigenvalue weighted by Gasteiger charge is 2.13. The quantitative estimate of drug-likeness (QED) is 0.803. The highest BCUT2D eigenvalue weighted by Crippen LogP contribution is 2.24. The van der Waals surface area contributed by atoms with E-state index in [2.05, 4.69) is 22.0 Å². The van der Waals surface area contributed by atoms with E-state index in [9.17, 15) is 10.1 Å². The molecule has 0 bridgehead atoms. The van der Waals surface area contributed by atoms with Gasteiger partial charge in [0.05, 0.1) is 24.7 Å². The van der Waals surface area contributed by atoms with Crippen LogP contribution in [0.2, 0.25) is 0 Å². The van der Waals surface area contributed by atoms with Gasteiger partial charge in [-0.2, -0.15) is 5.26 Å². The van der Waals surface area contributed by atoms with Crippen LogP contribution in [0, 0.1) is 11.3 Å². The van der Waals surface area contributed by atoms with Gasteiger partial charge in [0.25, 0.3) is 0 Å². The van der Waals surface area contributed by atoms with Crippen LogP contribution in [-0.4, -0.2) is 12.6 Å². The molecule has 4 heteroatoms. The predicted molar refractivity (Wildman–Crippen MR) is 68.6 cm³/mol. The molecule has 0 spiro atoms. The van der Waals surface area contributed by atoms with Crippen molar-refractivity contribution in [2.75, 3.05) is 6.61 Å². The lowest BCUT2D eigenvalue weighted by Gasteiger charge is -2.09. The second-order valence-electron chi connectivity index (χ2n) is 3.51. The van der Waals surface area contributed by atoms with Crippen molar-refractivity contribution in [1.82, 2.24) is 0 Å². The average molecular weight is 296 g/mol. The molecule has 0 atom stereocenters. The van der Waals surface area contributed by atoms with Gasteiger partial charge in [0.1, 0.15) is 0 Å². The number of hydrogen-bond acceptors (Lipinski definition) is 3. The number of rotatable bonds is 4. The van der Waals surface area contributed by atoms with E-state index in [-0.39, 0.29) is 12.4 Å². The van der Waals surface area contributed by atoms with Crippen molar-refractivity contribution in [2.45, 2.75) is 26.7 Å². The number of esters is 1. The molecule has 3 nitrogen and oxygen atoms in total. The molecular weight excluding hydrogens is 282 g/mol. The number of ether oxygens (including phenoxy) is 1. The Labute approximate surface area is 110 Å². The van der Waals surface area contributed by atoms with Gasteiger partial charge in [0.2, 0.25) is 0 Å². The van der Waals surface area contributed by atoms with Crippen LogP contribution < -0.4 is 0 Å². The van der Waals surface area contributed by atoms with Crippen molar-refractivity contribution in [3.8, 4) is 6.07 Å². The summed E-state index contributed by atoms with van der Waals surface area (Å²) in [5.41, 5.74) is 2.25. The van der Waals surface area contributed by atoms with Crippen molar-refractivity contribution in [3.63, 3.8) is 0 Å². The number of carbonyl (C=O) groups is 1. The lowest BCUT2D eigenvalue weighted by atomic mass is 9.98. The Hall–Kier alpha value is -1.34. The predicted octanol–water partition coefficient (Wildman–Crippen LogP) is 2.99. The van der Waals surface area contributed by atoms with Crippen molar-refractivity contribution in [1.29, 1.82) is 5.26 Å². The van der Waals surface area contributed by atoms with Gasteiger partial charge < -0.3 is 4.74 Å². The Kier molecular flexibility index (Phi) is 5.17. The molecule has 1 aromatic rings. The van der Waals surface area contributed by atoms with E-state index in [1.165, 1.54) is 0 Å². The molecule has 0 aliphatic heterocycles. The van der Waals surface area contributed by atoms with Crippen LogP contribution in [0.5, 0.6) is 0 Å². The first-order valence-electron chi connectivity index (χ1n) is 5.50. The molecule has 0 aliphatic rings.